The quantitative estimate of drug-likeness (QED) is 0.780. The third-order valence-electron chi connectivity index (χ3n) is 4.52. The molecule has 0 aliphatic carbocycles. The lowest BCUT2D eigenvalue weighted by molar-refractivity contribution is -0.117. The van der Waals surface area contributed by atoms with Crippen LogP contribution in [0.15, 0.2) is 46.9 Å². The number of amides is 2. The Kier molecular flexibility index (Phi) is 6.62. The van der Waals surface area contributed by atoms with Crippen LogP contribution in [0.2, 0.25) is 0 Å². The van der Waals surface area contributed by atoms with Gasteiger partial charge in [0.2, 0.25) is 5.91 Å². The van der Waals surface area contributed by atoms with E-state index in [1.54, 1.807) is 19.2 Å². The molecular formula is C20H25N3O4. The molecule has 0 spiro atoms. The number of benzene rings is 1. The lowest BCUT2D eigenvalue weighted by Gasteiger charge is -2.31. The third-order valence-corrected chi connectivity index (χ3v) is 4.52. The SMILES string of the molecule is COCc1ccc(C(=O)NC2CCN(CC(=O)Nc3ccccc3)CC2)o1. The number of likely N-dealkylation sites (tertiary alicyclic amines) is 1. The Hall–Kier alpha value is -2.64. The first-order chi connectivity index (χ1) is 13.1. The van der Waals surface area contributed by atoms with Gasteiger partial charge in [0, 0.05) is 31.9 Å². The Bertz CT molecular complexity index is 752. The molecule has 0 radical (unpaired) electrons. The Morgan fingerprint density at radius 1 is 1.15 bits per heavy atom. The van der Waals surface area contributed by atoms with E-state index in [1.165, 1.54) is 0 Å². The van der Waals surface area contributed by atoms with Crippen LogP contribution in [0.4, 0.5) is 5.69 Å². The number of anilines is 1. The highest BCUT2D eigenvalue weighted by Crippen LogP contribution is 2.14. The van der Waals surface area contributed by atoms with E-state index >= 15 is 0 Å². The molecule has 2 aromatic rings. The number of methoxy groups -OCH3 is 1. The molecule has 0 atom stereocenters. The lowest BCUT2D eigenvalue weighted by Crippen LogP contribution is -2.46. The zero-order chi connectivity index (χ0) is 19.1. The van der Waals surface area contributed by atoms with Crippen molar-refractivity contribution in [3.8, 4) is 0 Å². The number of nitrogens with one attached hydrogen (secondary N) is 2. The average molecular weight is 371 g/mol. The maximum atomic E-state index is 12.3. The molecule has 0 saturated carbocycles. The Balaban J connectivity index is 1.40. The van der Waals surface area contributed by atoms with Gasteiger partial charge in [0.05, 0.1) is 6.54 Å². The number of hydrogen-bond acceptors (Lipinski definition) is 5. The molecule has 3 rings (SSSR count). The van der Waals surface area contributed by atoms with Crippen LogP contribution in [0, 0.1) is 0 Å². The molecule has 0 bridgehead atoms. The van der Waals surface area contributed by atoms with Gasteiger partial charge in [-0.05, 0) is 37.1 Å². The summed E-state index contributed by atoms with van der Waals surface area (Å²) in [6.07, 6.45) is 1.60. The molecule has 144 valence electrons. The minimum Gasteiger partial charge on any atom is -0.453 e. The van der Waals surface area contributed by atoms with Crippen LogP contribution in [0.5, 0.6) is 0 Å². The van der Waals surface area contributed by atoms with E-state index < -0.39 is 0 Å². The first-order valence-corrected chi connectivity index (χ1v) is 9.10. The molecule has 1 aromatic carbocycles. The van der Waals surface area contributed by atoms with Crippen molar-refractivity contribution >= 4 is 17.5 Å². The first-order valence-electron chi connectivity index (χ1n) is 9.10. The molecule has 2 heterocycles. The van der Waals surface area contributed by atoms with Gasteiger partial charge in [-0.25, -0.2) is 0 Å². The van der Waals surface area contributed by atoms with Crippen LogP contribution in [-0.2, 0) is 16.1 Å². The van der Waals surface area contributed by atoms with E-state index in [9.17, 15) is 9.59 Å². The fraction of sp³-hybridized carbons (Fsp3) is 0.400. The second-order valence-corrected chi connectivity index (χ2v) is 6.64. The molecule has 1 aliphatic rings. The van der Waals surface area contributed by atoms with E-state index in [4.69, 9.17) is 9.15 Å². The van der Waals surface area contributed by atoms with Crippen molar-refractivity contribution in [3.63, 3.8) is 0 Å². The van der Waals surface area contributed by atoms with E-state index in [2.05, 4.69) is 15.5 Å². The fourth-order valence-corrected chi connectivity index (χ4v) is 3.14. The summed E-state index contributed by atoms with van der Waals surface area (Å²) in [6.45, 7) is 2.23. The summed E-state index contributed by atoms with van der Waals surface area (Å²) in [5.74, 6) is 0.691. The summed E-state index contributed by atoms with van der Waals surface area (Å²) in [7, 11) is 1.58. The monoisotopic (exact) mass is 371 g/mol. The maximum Gasteiger partial charge on any atom is 0.287 e. The number of carbonyl (C=O) groups is 2. The summed E-state index contributed by atoms with van der Waals surface area (Å²) >= 11 is 0. The van der Waals surface area contributed by atoms with Gasteiger partial charge in [-0.3, -0.25) is 14.5 Å². The molecule has 1 saturated heterocycles. The number of furan rings is 1. The maximum absolute atomic E-state index is 12.3. The van der Waals surface area contributed by atoms with Crippen molar-refractivity contribution < 1.29 is 18.7 Å². The fourth-order valence-electron chi connectivity index (χ4n) is 3.14. The second-order valence-electron chi connectivity index (χ2n) is 6.64. The van der Waals surface area contributed by atoms with E-state index in [-0.39, 0.29) is 17.9 Å². The van der Waals surface area contributed by atoms with Gasteiger partial charge in [-0.15, -0.1) is 0 Å². The first kappa shape index (κ1) is 19.1. The van der Waals surface area contributed by atoms with Gasteiger partial charge in [-0.1, -0.05) is 18.2 Å². The van der Waals surface area contributed by atoms with Crippen molar-refractivity contribution in [2.45, 2.75) is 25.5 Å². The molecule has 1 fully saturated rings. The molecule has 27 heavy (non-hydrogen) atoms. The zero-order valence-electron chi connectivity index (χ0n) is 15.4. The van der Waals surface area contributed by atoms with Crippen LogP contribution in [0.25, 0.3) is 0 Å². The van der Waals surface area contributed by atoms with Crippen molar-refractivity contribution in [2.24, 2.45) is 0 Å². The topological polar surface area (TPSA) is 83.8 Å². The van der Waals surface area contributed by atoms with Crippen LogP contribution in [0.1, 0.15) is 29.2 Å². The molecule has 2 N–H and O–H groups in total. The van der Waals surface area contributed by atoms with E-state index in [0.717, 1.165) is 31.6 Å². The number of piperidine rings is 1. The van der Waals surface area contributed by atoms with Crippen LogP contribution in [0.3, 0.4) is 0 Å². The normalized spacial score (nSPS) is 15.4. The smallest absolute Gasteiger partial charge is 0.287 e. The Morgan fingerprint density at radius 2 is 1.89 bits per heavy atom. The molecule has 2 amide bonds. The van der Waals surface area contributed by atoms with Gasteiger partial charge in [0.15, 0.2) is 5.76 Å². The van der Waals surface area contributed by atoms with Crippen LogP contribution < -0.4 is 10.6 Å². The highest BCUT2D eigenvalue weighted by Gasteiger charge is 2.23. The van der Waals surface area contributed by atoms with E-state index in [1.807, 2.05) is 30.3 Å². The number of carbonyl (C=O) groups excluding carboxylic acids is 2. The highest BCUT2D eigenvalue weighted by molar-refractivity contribution is 5.92. The van der Waals surface area contributed by atoms with Gasteiger partial charge < -0.3 is 19.8 Å². The van der Waals surface area contributed by atoms with Gasteiger partial charge in [0.1, 0.15) is 12.4 Å². The summed E-state index contributed by atoms with van der Waals surface area (Å²) in [5, 5.41) is 5.90. The standard InChI is InChI=1S/C20H25N3O4/c1-26-14-17-7-8-18(27-17)20(25)22-16-9-11-23(12-10-16)13-19(24)21-15-5-3-2-4-6-15/h2-8,16H,9-14H2,1H3,(H,21,24)(H,22,25). The molecular weight excluding hydrogens is 346 g/mol. The number of nitrogens with zero attached hydrogens (tertiary/aromatic N) is 1. The molecule has 7 nitrogen and oxygen atoms in total. The number of para-hydroxylation sites is 1. The van der Waals surface area contributed by atoms with Crippen molar-refractivity contribution in [2.75, 3.05) is 32.1 Å². The van der Waals surface area contributed by atoms with Gasteiger partial charge in [0.25, 0.3) is 5.91 Å². The van der Waals surface area contributed by atoms with Crippen molar-refractivity contribution in [1.82, 2.24) is 10.2 Å². The Morgan fingerprint density at radius 3 is 2.59 bits per heavy atom. The van der Waals surface area contributed by atoms with Crippen molar-refractivity contribution in [3.05, 3.63) is 54.0 Å². The molecule has 7 heteroatoms. The second kappa shape index (κ2) is 9.34. The minimum absolute atomic E-state index is 0.0232. The largest absolute Gasteiger partial charge is 0.453 e. The summed E-state index contributed by atoms with van der Waals surface area (Å²) in [6, 6.07) is 12.9. The summed E-state index contributed by atoms with van der Waals surface area (Å²) < 4.78 is 10.4. The lowest BCUT2D eigenvalue weighted by atomic mass is 10.0. The van der Waals surface area contributed by atoms with Gasteiger partial charge in [-0.2, -0.15) is 0 Å². The molecule has 1 aromatic heterocycles. The highest BCUT2D eigenvalue weighted by atomic mass is 16.5. The molecule has 1 aliphatic heterocycles. The number of rotatable bonds is 7. The number of hydrogen-bond donors (Lipinski definition) is 2. The summed E-state index contributed by atoms with van der Waals surface area (Å²) in [5.41, 5.74) is 0.802. The zero-order valence-corrected chi connectivity index (χ0v) is 15.4. The average Bonchev–Trinajstić information content (AvgIpc) is 3.13. The minimum atomic E-state index is -0.211. The predicted molar refractivity (Wildman–Crippen MR) is 101 cm³/mol. The van der Waals surface area contributed by atoms with Gasteiger partial charge >= 0.3 is 0 Å². The van der Waals surface area contributed by atoms with Crippen LogP contribution >= 0.6 is 0 Å². The van der Waals surface area contributed by atoms with Crippen molar-refractivity contribution in [1.29, 1.82) is 0 Å². The van der Waals surface area contributed by atoms with Crippen LogP contribution in [-0.4, -0.2) is 49.5 Å². The molecule has 0 unspecified atom stereocenters. The van der Waals surface area contributed by atoms with E-state index in [0.29, 0.717) is 24.7 Å². The number of ether oxygens (including phenoxy) is 1. The predicted octanol–water partition coefficient (Wildman–Crippen LogP) is 2.26. The Labute approximate surface area is 158 Å². The third kappa shape index (κ3) is 5.67. The summed E-state index contributed by atoms with van der Waals surface area (Å²) in [4.78, 5) is 26.5.